The lowest BCUT2D eigenvalue weighted by molar-refractivity contribution is -0.120. The van der Waals surface area contributed by atoms with Crippen molar-refractivity contribution in [1.29, 1.82) is 0 Å². The van der Waals surface area contributed by atoms with E-state index in [1.807, 2.05) is 32.4 Å². The van der Waals surface area contributed by atoms with Crippen LogP contribution in [0.4, 0.5) is 0 Å². The van der Waals surface area contributed by atoms with E-state index in [1.54, 1.807) is 18.2 Å². The summed E-state index contributed by atoms with van der Waals surface area (Å²) in [5.74, 6) is 0.133. The molecule has 178 valence electrons. The molecule has 0 saturated heterocycles. The third-order valence-corrected chi connectivity index (χ3v) is 7.73. The molecule has 9 heteroatoms. The SMILES string of the molecule is CC(=O)N[C@@H](C)COC1CCC(Oc2nc3ccc(S(=O)(=O)CC(C)C)cc3n2C)CC1. The lowest BCUT2D eigenvalue weighted by Gasteiger charge is -2.29. The lowest BCUT2D eigenvalue weighted by atomic mass is 9.95. The van der Waals surface area contributed by atoms with Crippen LogP contribution in [0.15, 0.2) is 23.1 Å². The molecule has 32 heavy (non-hydrogen) atoms. The molecule has 0 spiro atoms. The average molecular weight is 466 g/mol. The van der Waals surface area contributed by atoms with Gasteiger partial charge in [0.05, 0.1) is 34.4 Å². The Morgan fingerprint density at radius 1 is 1.19 bits per heavy atom. The van der Waals surface area contributed by atoms with Gasteiger partial charge < -0.3 is 14.8 Å². The van der Waals surface area contributed by atoms with E-state index >= 15 is 0 Å². The Balaban J connectivity index is 1.60. The van der Waals surface area contributed by atoms with E-state index in [0.29, 0.717) is 17.5 Å². The van der Waals surface area contributed by atoms with Crippen molar-refractivity contribution in [1.82, 2.24) is 14.9 Å². The molecule has 1 heterocycles. The smallest absolute Gasteiger partial charge is 0.297 e. The summed E-state index contributed by atoms with van der Waals surface area (Å²) in [6.45, 7) is 7.74. The summed E-state index contributed by atoms with van der Waals surface area (Å²) in [7, 11) is -1.48. The molecule has 1 aromatic heterocycles. The van der Waals surface area contributed by atoms with E-state index in [0.717, 1.165) is 36.7 Å². The van der Waals surface area contributed by atoms with E-state index in [-0.39, 0.29) is 35.8 Å². The number of hydrogen-bond acceptors (Lipinski definition) is 6. The molecule has 1 aliphatic carbocycles. The van der Waals surface area contributed by atoms with Crippen LogP contribution >= 0.6 is 0 Å². The minimum absolute atomic E-state index is 0.00397. The fourth-order valence-corrected chi connectivity index (χ4v) is 5.75. The molecular weight excluding hydrogens is 430 g/mol. The highest BCUT2D eigenvalue weighted by molar-refractivity contribution is 7.91. The van der Waals surface area contributed by atoms with Crippen molar-refractivity contribution in [3.05, 3.63) is 18.2 Å². The van der Waals surface area contributed by atoms with Crippen molar-refractivity contribution in [3.63, 3.8) is 0 Å². The molecule has 0 aliphatic heterocycles. The van der Waals surface area contributed by atoms with Crippen LogP contribution in [-0.2, 0) is 26.4 Å². The largest absolute Gasteiger partial charge is 0.461 e. The van der Waals surface area contributed by atoms with Gasteiger partial charge >= 0.3 is 0 Å². The second-order valence-electron chi connectivity index (χ2n) is 9.23. The summed E-state index contributed by atoms with van der Waals surface area (Å²) < 4.78 is 39.2. The third-order valence-electron chi connectivity index (χ3n) is 5.65. The normalized spacial score (nSPS) is 20.4. The first-order chi connectivity index (χ1) is 15.0. The summed E-state index contributed by atoms with van der Waals surface area (Å²) in [5.41, 5.74) is 1.46. The Bertz CT molecular complexity index is 1040. The maximum Gasteiger partial charge on any atom is 0.297 e. The quantitative estimate of drug-likeness (QED) is 0.610. The zero-order valence-electron chi connectivity index (χ0n) is 19.6. The molecule has 0 unspecified atom stereocenters. The Hall–Kier alpha value is -2.13. The van der Waals surface area contributed by atoms with Gasteiger partial charge in [-0.2, -0.15) is 4.98 Å². The monoisotopic (exact) mass is 465 g/mol. The molecule has 3 rings (SSSR count). The molecule has 1 saturated carbocycles. The Kier molecular flexibility index (Phi) is 7.82. The van der Waals surface area contributed by atoms with Gasteiger partial charge in [0.1, 0.15) is 6.10 Å². The molecule has 8 nitrogen and oxygen atoms in total. The molecule has 1 aliphatic rings. The molecule has 1 amide bonds. The van der Waals surface area contributed by atoms with Crippen molar-refractivity contribution in [2.45, 2.75) is 76.5 Å². The highest BCUT2D eigenvalue weighted by atomic mass is 32.2. The Morgan fingerprint density at radius 2 is 1.84 bits per heavy atom. The second kappa shape index (κ2) is 10.2. The number of ether oxygens (including phenoxy) is 2. The topological polar surface area (TPSA) is 99.5 Å². The van der Waals surface area contributed by atoms with Gasteiger partial charge in [0, 0.05) is 20.0 Å². The molecule has 0 bridgehead atoms. The first kappa shape index (κ1) is 24.5. The summed E-state index contributed by atoms with van der Waals surface area (Å²) in [6, 6.07) is 5.56. The number of aromatic nitrogens is 2. The van der Waals surface area contributed by atoms with Crippen molar-refractivity contribution in [2.24, 2.45) is 13.0 Å². The predicted octanol–water partition coefficient (Wildman–Crippen LogP) is 3.23. The number of sulfone groups is 1. The number of benzene rings is 1. The fourth-order valence-electron chi connectivity index (χ4n) is 4.12. The number of rotatable bonds is 9. The number of carbonyl (C=O) groups is 1. The molecule has 1 atom stereocenters. The van der Waals surface area contributed by atoms with E-state index in [1.165, 1.54) is 6.92 Å². The number of imidazole rings is 1. The lowest BCUT2D eigenvalue weighted by Crippen LogP contribution is -2.37. The fraction of sp³-hybridized carbons (Fsp3) is 0.652. The van der Waals surface area contributed by atoms with E-state index in [9.17, 15) is 13.2 Å². The van der Waals surface area contributed by atoms with Gasteiger partial charge in [0.15, 0.2) is 9.84 Å². The molecule has 2 aromatic rings. The van der Waals surface area contributed by atoms with Crippen LogP contribution < -0.4 is 10.1 Å². The molecule has 0 radical (unpaired) electrons. The first-order valence-corrected chi connectivity index (χ1v) is 12.9. The van der Waals surface area contributed by atoms with Crippen molar-refractivity contribution in [2.75, 3.05) is 12.4 Å². The second-order valence-corrected chi connectivity index (χ2v) is 11.3. The van der Waals surface area contributed by atoms with E-state index in [4.69, 9.17) is 9.47 Å². The maximum absolute atomic E-state index is 12.6. The van der Waals surface area contributed by atoms with Crippen LogP contribution in [0.2, 0.25) is 0 Å². The summed E-state index contributed by atoms with van der Waals surface area (Å²) in [5, 5.41) is 2.83. The Morgan fingerprint density at radius 3 is 2.47 bits per heavy atom. The zero-order valence-corrected chi connectivity index (χ0v) is 20.4. The minimum atomic E-state index is -3.33. The summed E-state index contributed by atoms with van der Waals surface area (Å²) in [4.78, 5) is 16.0. The van der Waals surface area contributed by atoms with E-state index < -0.39 is 9.84 Å². The molecular formula is C23H35N3O5S. The summed E-state index contributed by atoms with van der Waals surface area (Å²) >= 11 is 0. The van der Waals surface area contributed by atoms with Gasteiger partial charge in [-0.15, -0.1) is 0 Å². The number of fused-ring (bicyclic) bond motifs is 1. The number of amides is 1. The van der Waals surface area contributed by atoms with Crippen LogP contribution in [0.3, 0.4) is 0 Å². The van der Waals surface area contributed by atoms with Gasteiger partial charge in [0.25, 0.3) is 6.01 Å². The third kappa shape index (κ3) is 6.22. The van der Waals surface area contributed by atoms with Crippen LogP contribution in [0.5, 0.6) is 6.01 Å². The minimum Gasteiger partial charge on any atom is -0.461 e. The van der Waals surface area contributed by atoms with E-state index in [2.05, 4.69) is 10.3 Å². The molecule has 1 N–H and O–H groups in total. The van der Waals surface area contributed by atoms with Crippen molar-refractivity contribution < 1.29 is 22.7 Å². The molecule has 1 aromatic carbocycles. The summed E-state index contributed by atoms with van der Waals surface area (Å²) in [6.07, 6.45) is 3.70. The molecule has 1 fully saturated rings. The average Bonchev–Trinajstić information content (AvgIpc) is 3.01. The van der Waals surface area contributed by atoms with Crippen LogP contribution in [0.25, 0.3) is 11.0 Å². The maximum atomic E-state index is 12.6. The van der Waals surface area contributed by atoms with Crippen LogP contribution in [0, 0.1) is 5.92 Å². The highest BCUT2D eigenvalue weighted by Crippen LogP contribution is 2.28. The Labute approximate surface area is 190 Å². The number of nitrogens with one attached hydrogen (secondary N) is 1. The van der Waals surface area contributed by atoms with Crippen LogP contribution in [0.1, 0.15) is 53.4 Å². The predicted molar refractivity (Wildman–Crippen MR) is 124 cm³/mol. The van der Waals surface area contributed by atoms with Gasteiger partial charge in [-0.1, -0.05) is 13.8 Å². The number of hydrogen-bond donors (Lipinski definition) is 1. The number of nitrogens with zero attached hydrogens (tertiary/aromatic N) is 2. The number of carbonyl (C=O) groups excluding carboxylic acids is 1. The first-order valence-electron chi connectivity index (χ1n) is 11.3. The van der Waals surface area contributed by atoms with Gasteiger partial charge in [-0.3, -0.25) is 9.36 Å². The van der Waals surface area contributed by atoms with Gasteiger partial charge in [-0.05, 0) is 56.7 Å². The van der Waals surface area contributed by atoms with Crippen molar-refractivity contribution >= 4 is 26.8 Å². The standard InChI is InChI=1S/C23H35N3O5S/c1-15(2)14-32(28,29)20-10-11-21-22(12-20)26(5)23(25-21)31-19-8-6-18(7-9-19)30-13-16(3)24-17(4)27/h10-12,15-16,18-19H,6-9,13-14H2,1-5H3,(H,24,27)/t16-,18?,19?/m0/s1. The highest BCUT2D eigenvalue weighted by Gasteiger charge is 2.25. The zero-order chi connectivity index (χ0) is 23.5. The van der Waals surface area contributed by atoms with Crippen LogP contribution in [-0.4, -0.2) is 54.5 Å². The number of aryl methyl sites for hydroxylation is 1. The van der Waals surface area contributed by atoms with Gasteiger partial charge in [-0.25, -0.2) is 8.42 Å². The van der Waals surface area contributed by atoms with Crippen molar-refractivity contribution in [3.8, 4) is 6.01 Å². The van der Waals surface area contributed by atoms with Gasteiger partial charge in [0.2, 0.25) is 5.91 Å².